The van der Waals surface area contributed by atoms with Crippen molar-refractivity contribution in [3.63, 3.8) is 0 Å². The molecule has 142 valence electrons. The first-order chi connectivity index (χ1) is 13.6. The largest absolute Gasteiger partial charge is 0.367 e. The number of carbonyl (C=O) groups is 1. The smallest absolute Gasteiger partial charge is 0.251 e. The summed E-state index contributed by atoms with van der Waals surface area (Å²) in [5.74, 6) is 1.15. The zero-order valence-corrected chi connectivity index (χ0v) is 16.2. The van der Waals surface area contributed by atoms with Gasteiger partial charge in [0.2, 0.25) is 0 Å². The van der Waals surface area contributed by atoms with Gasteiger partial charge in [0.05, 0.1) is 22.9 Å². The minimum Gasteiger partial charge on any atom is -0.367 e. The number of rotatable bonds is 5. The molecule has 0 radical (unpaired) electrons. The van der Waals surface area contributed by atoms with Crippen LogP contribution >= 0.6 is 0 Å². The molecule has 0 saturated heterocycles. The quantitative estimate of drug-likeness (QED) is 0.555. The van der Waals surface area contributed by atoms with Crippen LogP contribution in [-0.4, -0.2) is 33.9 Å². The molecule has 0 bridgehead atoms. The van der Waals surface area contributed by atoms with Crippen LogP contribution in [0, 0.1) is 5.92 Å². The molecule has 6 heteroatoms. The number of amides is 1. The predicted molar refractivity (Wildman–Crippen MR) is 113 cm³/mol. The van der Waals surface area contributed by atoms with Crippen LogP contribution in [0.4, 0.5) is 5.82 Å². The molecule has 0 unspecified atom stereocenters. The number of carbonyl (C=O) groups excluding carboxylic acids is 1. The highest BCUT2D eigenvalue weighted by molar-refractivity contribution is 5.95. The first-order valence-corrected chi connectivity index (χ1v) is 9.41. The average Bonchev–Trinajstić information content (AvgIpc) is 3.17. The maximum absolute atomic E-state index is 12.1. The fourth-order valence-corrected chi connectivity index (χ4v) is 3.27. The number of hydrogen-bond acceptors (Lipinski definition) is 4. The van der Waals surface area contributed by atoms with E-state index in [1.54, 1.807) is 13.1 Å². The maximum Gasteiger partial charge on any atom is 0.251 e. The Morgan fingerprint density at radius 3 is 2.75 bits per heavy atom. The summed E-state index contributed by atoms with van der Waals surface area (Å²) in [6, 6.07) is 15.6. The Balaban J connectivity index is 1.94. The van der Waals surface area contributed by atoms with Gasteiger partial charge in [-0.15, -0.1) is 0 Å². The van der Waals surface area contributed by atoms with E-state index in [-0.39, 0.29) is 5.91 Å². The van der Waals surface area contributed by atoms with Gasteiger partial charge in [-0.3, -0.25) is 9.20 Å². The van der Waals surface area contributed by atoms with Crippen LogP contribution in [0.5, 0.6) is 0 Å². The Bertz CT molecular complexity index is 1160. The molecule has 4 rings (SSSR count). The van der Waals surface area contributed by atoms with Crippen LogP contribution in [0.15, 0.2) is 54.7 Å². The van der Waals surface area contributed by atoms with Crippen molar-refractivity contribution in [1.29, 1.82) is 0 Å². The van der Waals surface area contributed by atoms with Gasteiger partial charge >= 0.3 is 0 Å². The van der Waals surface area contributed by atoms with Gasteiger partial charge < -0.3 is 10.6 Å². The van der Waals surface area contributed by atoms with Crippen LogP contribution < -0.4 is 10.6 Å². The third-order valence-electron chi connectivity index (χ3n) is 4.65. The van der Waals surface area contributed by atoms with E-state index in [1.165, 1.54) is 0 Å². The van der Waals surface area contributed by atoms with E-state index in [0.717, 1.165) is 40.3 Å². The molecule has 2 N–H and O–H groups in total. The van der Waals surface area contributed by atoms with Gasteiger partial charge in [0.15, 0.2) is 11.5 Å². The van der Waals surface area contributed by atoms with Crippen molar-refractivity contribution in [2.75, 3.05) is 18.9 Å². The zero-order valence-electron chi connectivity index (χ0n) is 16.2. The average molecular weight is 373 g/mol. The second kappa shape index (κ2) is 7.31. The fraction of sp³-hybridized carbons (Fsp3) is 0.227. The summed E-state index contributed by atoms with van der Waals surface area (Å²) in [7, 11) is 1.63. The summed E-state index contributed by atoms with van der Waals surface area (Å²) in [5.41, 5.74) is 5.12. The van der Waals surface area contributed by atoms with Gasteiger partial charge in [-0.1, -0.05) is 38.1 Å². The normalized spacial score (nSPS) is 11.3. The zero-order chi connectivity index (χ0) is 19.7. The molecular formula is C22H23N5O. The van der Waals surface area contributed by atoms with E-state index >= 15 is 0 Å². The van der Waals surface area contributed by atoms with Crippen LogP contribution in [-0.2, 0) is 0 Å². The van der Waals surface area contributed by atoms with Crippen LogP contribution in [0.1, 0.15) is 24.2 Å². The van der Waals surface area contributed by atoms with Crippen LogP contribution in [0.2, 0.25) is 0 Å². The summed E-state index contributed by atoms with van der Waals surface area (Å²) < 4.78 is 2.11. The van der Waals surface area contributed by atoms with Crippen LogP contribution in [0.25, 0.3) is 27.9 Å². The lowest BCUT2D eigenvalue weighted by Gasteiger charge is -2.13. The molecule has 0 atom stereocenters. The number of nitrogens with zero attached hydrogens (tertiary/aromatic N) is 3. The molecule has 0 saturated carbocycles. The molecule has 28 heavy (non-hydrogen) atoms. The highest BCUT2D eigenvalue weighted by atomic mass is 16.1. The first-order valence-electron chi connectivity index (χ1n) is 9.41. The second-order valence-corrected chi connectivity index (χ2v) is 7.19. The lowest BCUT2D eigenvalue weighted by atomic mass is 10.1. The lowest BCUT2D eigenvalue weighted by Crippen LogP contribution is -2.17. The molecule has 2 heterocycles. The SMILES string of the molecule is CNC(=O)c1cccc(-c2cnc3c(NCC(C)C)nc4ccccc4n23)c1. The highest BCUT2D eigenvalue weighted by Gasteiger charge is 2.15. The minimum absolute atomic E-state index is 0.110. The second-order valence-electron chi connectivity index (χ2n) is 7.19. The summed E-state index contributed by atoms with van der Waals surface area (Å²) >= 11 is 0. The van der Waals surface area contributed by atoms with Crippen molar-refractivity contribution in [2.24, 2.45) is 5.92 Å². The van der Waals surface area contributed by atoms with Crippen molar-refractivity contribution in [1.82, 2.24) is 19.7 Å². The van der Waals surface area contributed by atoms with Crippen molar-refractivity contribution in [2.45, 2.75) is 13.8 Å². The molecule has 4 aromatic rings. The number of para-hydroxylation sites is 2. The third-order valence-corrected chi connectivity index (χ3v) is 4.65. The maximum atomic E-state index is 12.1. The number of nitrogens with one attached hydrogen (secondary N) is 2. The predicted octanol–water partition coefficient (Wildman–Crippen LogP) is 3.98. The van der Waals surface area contributed by atoms with Gasteiger partial charge in [-0.05, 0) is 30.2 Å². The Morgan fingerprint density at radius 2 is 1.96 bits per heavy atom. The summed E-state index contributed by atoms with van der Waals surface area (Å²) in [5, 5.41) is 6.10. The molecule has 6 nitrogen and oxygen atoms in total. The molecule has 0 fully saturated rings. The summed E-state index contributed by atoms with van der Waals surface area (Å²) in [6.07, 6.45) is 1.84. The van der Waals surface area contributed by atoms with Gasteiger partial charge in [0.25, 0.3) is 5.91 Å². The number of hydrogen-bond donors (Lipinski definition) is 2. The van der Waals surface area contributed by atoms with E-state index in [9.17, 15) is 4.79 Å². The van der Waals surface area contributed by atoms with Gasteiger partial charge in [-0.25, -0.2) is 9.97 Å². The third kappa shape index (κ3) is 3.17. The van der Waals surface area contributed by atoms with Gasteiger partial charge in [0.1, 0.15) is 0 Å². The van der Waals surface area contributed by atoms with Crippen molar-refractivity contribution < 1.29 is 4.79 Å². The Labute approximate surface area is 163 Å². The standard InChI is InChI=1S/C22H23N5O/c1-14(2)12-24-20-21-25-13-19(15-7-6-8-16(11-15)22(28)23-3)27(21)18-10-5-4-9-17(18)26-20/h4-11,13-14H,12H2,1-3H3,(H,23,28)(H,24,26). The van der Waals surface area contributed by atoms with Gasteiger partial charge in [0, 0.05) is 24.7 Å². The number of benzene rings is 2. The van der Waals surface area contributed by atoms with E-state index in [0.29, 0.717) is 11.5 Å². The number of fused-ring (bicyclic) bond motifs is 3. The Kier molecular flexibility index (Phi) is 4.69. The Hall–Kier alpha value is -3.41. The molecule has 0 aliphatic carbocycles. The van der Waals surface area contributed by atoms with E-state index < -0.39 is 0 Å². The molecule has 2 aromatic heterocycles. The van der Waals surface area contributed by atoms with E-state index in [4.69, 9.17) is 4.98 Å². The minimum atomic E-state index is -0.110. The number of anilines is 1. The first kappa shape index (κ1) is 18.0. The highest BCUT2D eigenvalue weighted by Crippen LogP contribution is 2.29. The fourth-order valence-electron chi connectivity index (χ4n) is 3.27. The number of imidazole rings is 1. The molecule has 0 aliphatic heterocycles. The molecule has 0 aliphatic rings. The van der Waals surface area contributed by atoms with Crippen LogP contribution in [0.3, 0.4) is 0 Å². The van der Waals surface area contributed by atoms with E-state index in [2.05, 4.69) is 33.9 Å². The van der Waals surface area contributed by atoms with Gasteiger partial charge in [-0.2, -0.15) is 0 Å². The van der Waals surface area contributed by atoms with Crippen molar-refractivity contribution in [3.05, 3.63) is 60.3 Å². The number of aromatic nitrogens is 3. The molecular weight excluding hydrogens is 350 g/mol. The molecule has 2 aromatic carbocycles. The molecule has 1 amide bonds. The molecule has 0 spiro atoms. The topological polar surface area (TPSA) is 71.3 Å². The van der Waals surface area contributed by atoms with E-state index in [1.807, 2.05) is 48.7 Å². The van der Waals surface area contributed by atoms with Crippen molar-refractivity contribution >= 4 is 28.4 Å². The lowest BCUT2D eigenvalue weighted by molar-refractivity contribution is 0.0963. The summed E-state index contributed by atoms with van der Waals surface area (Å²) in [6.45, 7) is 5.13. The summed E-state index contributed by atoms with van der Waals surface area (Å²) in [4.78, 5) is 21.5. The van der Waals surface area contributed by atoms with Crippen molar-refractivity contribution in [3.8, 4) is 11.3 Å². The Morgan fingerprint density at radius 1 is 1.14 bits per heavy atom. The monoisotopic (exact) mass is 373 g/mol.